The number of hydrogen-bond acceptors (Lipinski definition) is 3. The Kier molecular flexibility index (Phi) is 5.59. The lowest BCUT2D eigenvalue weighted by Gasteiger charge is -2.31. The molecule has 154 valence electrons. The second kappa shape index (κ2) is 7.51. The predicted octanol–water partition coefficient (Wildman–Crippen LogP) is 3.96. The number of carboxylic acid groups (broad SMARTS) is 1. The summed E-state index contributed by atoms with van der Waals surface area (Å²) >= 11 is 0. The van der Waals surface area contributed by atoms with Crippen molar-refractivity contribution in [1.82, 2.24) is 4.90 Å². The number of ether oxygens (including phenoxy) is 1. The third-order valence-electron chi connectivity index (χ3n) is 6.18. The van der Waals surface area contributed by atoms with E-state index < -0.39 is 29.5 Å². The number of allylic oxidation sites excluding steroid dienone is 4. The van der Waals surface area contributed by atoms with Crippen LogP contribution in [0.15, 0.2) is 35.5 Å². The number of amides is 1. The fourth-order valence-electron chi connectivity index (χ4n) is 4.72. The van der Waals surface area contributed by atoms with E-state index in [0.29, 0.717) is 13.1 Å². The van der Waals surface area contributed by atoms with Crippen LogP contribution in [0.3, 0.4) is 0 Å². The Morgan fingerprint density at radius 3 is 2.71 bits per heavy atom. The Bertz CT molecular complexity index is 744. The second-order valence-corrected chi connectivity index (χ2v) is 9.67. The number of likely N-dealkylation sites (tertiary alicyclic amines) is 1. The summed E-state index contributed by atoms with van der Waals surface area (Å²) in [5.74, 6) is -2.36. The van der Waals surface area contributed by atoms with Crippen molar-refractivity contribution in [2.75, 3.05) is 13.1 Å². The molecule has 0 saturated carbocycles. The molecule has 3 aliphatic rings. The fourth-order valence-corrected chi connectivity index (χ4v) is 4.72. The predicted molar refractivity (Wildman–Crippen MR) is 109 cm³/mol. The molecule has 3 aliphatic heterocycles. The lowest BCUT2D eigenvalue weighted by molar-refractivity contribution is -0.148. The fraction of sp³-hybridized carbons (Fsp3) is 0.652. The summed E-state index contributed by atoms with van der Waals surface area (Å²) in [5, 5.41) is 9.57. The highest BCUT2D eigenvalue weighted by Gasteiger charge is 2.67. The molecule has 0 aromatic rings. The monoisotopic (exact) mass is 387 g/mol. The third kappa shape index (κ3) is 3.95. The molecule has 5 nitrogen and oxygen atoms in total. The summed E-state index contributed by atoms with van der Waals surface area (Å²) in [5.41, 5.74) is 1.89. The van der Waals surface area contributed by atoms with Gasteiger partial charge in [0.1, 0.15) is 11.5 Å². The molecule has 0 aliphatic carbocycles. The minimum atomic E-state index is -0.939. The number of carboxylic acids is 1. The molecule has 0 radical (unpaired) electrons. The smallest absolute Gasteiger partial charge is 0.310 e. The molecule has 2 saturated heterocycles. The van der Waals surface area contributed by atoms with Crippen molar-refractivity contribution in [2.24, 2.45) is 17.3 Å². The van der Waals surface area contributed by atoms with Crippen LogP contribution in [0.25, 0.3) is 0 Å². The highest BCUT2D eigenvalue weighted by atomic mass is 16.5. The Morgan fingerprint density at radius 2 is 2.07 bits per heavy atom. The number of rotatable bonds is 8. The summed E-state index contributed by atoms with van der Waals surface area (Å²) < 4.78 is 5.96. The van der Waals surface area contributed by atoms with E-state index in [2.05, 4.69) is 46.8 Å². The van der Waals surface area contributed by atoms with Crippen LogP contribution < -0.4 is 0 Å². The Morgan fingerprint density at radius 1 is 1.36 bits per heavy atom. The first kappa shape index (κ1) is 20.8. The van der Waals surface area contributed by atoms with E-state index in [1.807, 2.05) is 17.1 Å². The lowest BCUT2D eigenvalue weighted by Crippen LogP contribution is -2.40. The molecular formula is C23H33NO4. The number of aliphatic carboxylic acids is 1. The average molecular weight is 388 g/mol. The van der Waals surface area contributed by atoms with Crippen molar-refractivity contribution in [2.45, 2.75) is 65.6 Å². The number of hydrogen-bond donors (Lipinski definition) is 1. The Labute approximate surface area is 168 Å². The first-order chi connectivity index (χ1) is 13.0. The first-order valence-corrected chi connectivity index (χ1v) is 10.2. The normalized spacial score (nSPS) is 31.5. The minimum Gasteiger partial charge on any atom is -0.481 e. The topological polar surface area (TPSA) is 66.8 Å². The van der Waals surface area contributed by atoms with Gasteiger partial charge in [0.05, 0.1) is 18.6 Å². The van der Waals surface area contributed by atoms with E-state index in [-0.39, 0.29) is 11.3 Å². The summed E-state index contributed by atoms with van der Waals surface area (Å²) in [4.78, 5) is 26.5. The molecule has 1 spiro atoms. The van der Waals surface area contributed by atoms with Crippen LogP contribution in [-0.2, 0) is 14.3 Å². The maximum absolute atomic E-state index is 13.0. The van der Waals surface area contributed by atoms with Gasteiger partial charge >= 0.3 is 5.97 Å². The van der Waals surface area contributed by atoms with Gasteiger partial charge in [-0.15, -0.1) is 0 Å². The van der Waals surface area contributed by atoms with Gasteiger partial charge in [-0.3, -0.25) is 9.59 Å². The van der Waals surface area contributed by atoms with Crippen molar-refractivity contribution >= 4 is 11.9 Å². The van der Waals surface area contributed by atoms with E-state index in [9.17, 15) is 14.7 Å². The van der Waals surface area contributed by atoms with Crippen molar-refractivity contribution in [3.05, 3.63) is 35.5 Å². The largest absolute Gasteiger partial charge is 0.481 e. The Balaban J connectivity index is 1.62. The van der Waals surface area contributed by atoms with E-state index in [1.54, 1.807) is 0 Å². The standard InChI is InChI=1S/C23H33NO4/c1-15(2)7-6-8-16(3)9-11-22(4,5)13-24-14-23-12-10-17(28-23)18(21(26)27)19(23)20(24)25/h7,9-10,12,17-19H,6,8,11,13-14H2,1-5H3,(H,26,27)/b16-9-. The molecule has 4 atom stereocenters. The van der Waals surface area contributed by atoms with Crippen LogP contribution in [0, 0.1) is 17.3 Å². The third-order valence-corrected chi connectivity index (χ3v) is 6.18. The highest BCUT2D eigenvalue weighted by molar-refractivity contribution is 5.90. The molecule has 0 aromatic carbocycles. The van der Waals surface area contributed by atoms with Crippen LogP contribution in [0.4, 0.5) is 0 Å². The van der Waals surface area contributed by atoms with Gasteiger partial charge in [-0.1, -0.05) is 49.3 Å². The van der Waals surface area contributed by atoms with Crippen LogP contribution in [-0.4, -0.2) is 46.7 Å². The molecule has 1 amide bonds. The molecule has 5 heteroatoms. The van der Waals surface area contributed by atoms with Crippen molar-refractivity contribution in [1.29, 1.82) is 0 Å². The number of nitrogens with zero attached hydrogens (tertiary/aromatic N) is 1. The average Bonchev–Trinajstić information content (AvgIpc) is 3.21. The molecular weight excluding hydrogens is 354 g/mol. The van der Waals surface area contributed by atoms with Gasteiger partial charge in [-0.25, -0.2) is 0 Å². The zero-order valence-electron chi connectivity index (χ0n) is 17.7. The number of carbonyl (C=O) groups is 2. The maximum Gasteiger partial charge on any atom is 0.310 e. The summed E-state index contributed by atoms with van der Waals surface area (Å²) in [6.07, 6.45) is 10.8. The summed E-state index contributed by atoms with van der Waals surface area (Å²) in [6.45, 7) is 11.8. The molecule has 28 heavy (non-hydrogen) atoms. The molecule has 1 N–H and O–H groups in total. The van der Waals surface area contributed by atoms with E-state index in [4.69, 9.17) is 4.74 Å². The number of carbonyl (C=O) groups excluding carboxylic acids is 1. The van der Waals surface area contributed by atoms with Crippen LogP contribution in [0.2, 0.25) is 0 Å². The zero-order chi connectivity index (χ0) is 20.7. The lowest BCUT2D eigenvalue weighted by atomic mass is 9.77. The van der Waals surface area contributed by atoms with E-state index in [1.165, 1.54) is 11.1 Å². The van der Waals surface area contributed by atoms with E-state index >= 15 is 0 Å². The molecule has 3 heterocycles. The maximum atomic E-state index is 13.0. The van der Waals surface area contributed by atoms with Gasteiger partial charge in [-0.05, 0) is 45.4 Å². The number of fused-ring (bicyclic) bond motifs is 1. The highest BCUT2D eigenvalue weighted by Crippen LogP contribution is 2.52. The zero-order valence-corrected chi connectivity index (χ0v) is 17.7. The molecule has 3 rings (SSSR count). The molecule has 4 unspecified atom stereocenters. The van der Waals surface area contributed by atoms with Gasteiger partial charge in [0.2, 0.25) is 5.91 Å². The quantitative estimate of drug-likeness (QED) is 0.640. The van der Waals surface area contributed by atoms with Gasteiger partial charge in [0.15, 0.2) is 0 Å². The Hall–Kier alpha value is -1.88. The second-order valence-electron chi connectivity index (χ2n) is 9.67. The van der Waals surface area contributed by atoms with Gasteiger partial charge < -0.3 is 14.7 Å². The first-order valence-electron chi connectivity index (χ1n) is 10.2. The van der Waals surface area contributed by atoms with Crippen molar-refractivity contribution in [3.8, 4) is 0 Å². The van der Waals surface area contributed by atoms with Crippen LogP contribution in [0.5, 0.6) is 0 Å². The minimum absolute atomic E-state index is 0.0726. The summed E-state index contributed by atoms with van der Waals surface area (Å²) in [6, 6.07) is 0. The van der Waals surface area contributed by atoms with Gasteiger partial charge in [-0.2, -0.15) is 0 Å². The van der Waals surface area contributed by atoms with Crippen LogP contribution in [0.1, 0.15) is 53.9 Å². The van der Waals surface area contributed by atoms with Crippen LogP contribution >= 0.6 is 0 Å². The van der Waals surface area contributed by atoms with E-state index in [0.717, 1.165) is 19.3 Å². The molecule has 2 bridgehead atoms. The van der Waals surface area contributed by atoms with Crippen molar-refractivity contribution in [3.63, 3.8) is 0 Å². The SMILES string of the molecule is CC(C)=CCC/C(C)=C\CC(C)(C)CN1CC23C=CC(O2)C(C(=O)O)C3C1=O. The molecule has 2 fully saturated rings. The molecule has 0 aromatic heterocycles. The van der Waals surface area contributed by atoms with Gasteiger partial charge in [0, 0.05) is 6.54 Å². The summed E-state index contributed by atoms with van der Waals surface area (Å²) in [7, 11) is 0. The van der Waals surface area contributed by atoms with Gasteiger partial charge in [0.25, 0.3) is 0 Å². The van der Waals surface area contributed by atoms with Crippen molar-refractivity contribution < 1.29 is 19.4 Å².